The van der Waals surface area contributed by atoms with Gasteiger partial charge in [-0.3, -0.25) is 0 Å². The SMILES string of the molecule is CCCCn1nnnc1NCc1cc(OC)c(OCc2c(F)cccc2Cl)cc1Br. The molecule has 1 heterocycles. The van der Waals surface area contributed by atoms with Crippen molar-refractivity contribution in [3.8, 4) is 11.5 Å². The van der Waals surface area contributed by atoms with Gasteiger partial charge >= 0.3 is 0 Å². The van der Waals surface area contributed by atoms with Crippen LogP contribution >= 0.6 is 27.5 Å². The molecule has 10 heteroatoms. The molecule has 0 aliphatic carbocycles. The number of nitrogens with one attached hydrogen (secondary N) is 1. The van der Waals surface area contributed by atoms with Crippen LogP contribution in [-0.2, 0) is 19.7 Å². The minimum atomic E-state index is -0.415. The van der Waals surface area contributed by atoms with E-state index in [1.807, 2.05) is 6.07 Å². The predicted octanol–water partition coefficient (Wildman–Crippen LogP) is 5.23. The molecule has 160 valence electrons. The molecule has 0 bridgehead atoms. The number of benzene rings is 2. The van der Waals surface area contributed by atoms with Gasteiger partial charge in [0, 0.05) is 23.1 Å². The van der Waals surface area contributed by atoms with E-state index in [1.54, 1.807) is 30.0 Å². The molecule has 0 atom stereocenters. The summed E-state index contributed by atoms with van der Waals surface area (Å²) >= 11 is 9.63. The first-order valence-corrected chi connectivity index (χ1v) is 10.6. The summed E-state index contributed by atoms with van der Waals surface area (Å²) < 4.78 is 27.8. The number of halogens is 3. The van der Waals surface area contributed by atoms with Crippen molar-refractivity contribution < 1.29 is 13.9 Å². The van der Waals surface area contributed by atoms with Crippen LogP contribution in [0.15, 0.2) is 34.8 Å². The van der Waals surface area contributed by atoms with E-state index < -0.39 is 5.82 Å². The lowest BCUT2D eigenvalue weighted by molar-refractivity contribution is 0.279. The molecule has 0 saturated heterocycles. The molecule has 0 radical (unpaired) electrons. The Kier molecular flexibility index (Phi) is 7.87. The molecule has 3 aromatic rings. The van der Waals surface area contributed by atoms with E-state index in [0.29, 0.717) is 34.6 Å². The Morgan fingerprint density at radius 3 is 2.83 bits per heavy atom. The van der Waals surface area contributed by atoms with Gasteiger partial charge in [0.15, 0.2) is 11.5 Å². The van der Waals surface area contributed by atoms with Crippen LogP contribution in [-0.4, -0.2) is 27.3 Å². The molecule has 0 aliphatic rings. The Hall–Kier alpha value is -2.39. The van der Waals surface area contributed by atoms with Crippen LogP contribution in [0.5, 0.6) is 11.5 Å². The van der Waals surface area contributed by atoms with Crippen molar-refractivity contribution in [1.29, 1.82) is 0 Å². The van der Waals surface area contributed by atoms with Crippen LogP contribution < -0.4 is 14.8 Å². The first-order chi connectivity index (χ1) is 14.5. The maximum Gasteiger partial charge on any atom is 0.243 e. The second-order valence-electron chi connectivity index (χ2n) is 6.52. The van der Waals surface area contributed by atoms with Crippen molar-refractivity contribution in [2.45, 2.75) is 39.5 Å². The molecular weight excluding hydrogens is 477 g/mol. The third kappa shape index (κ3) is 5.40. The van der Waals surface area contributed by atoms with Crippen molar-refractivity contribution in [2.24, 2.45) is 0 Å². The van der Waals surface area contributed by atoms with Gasteiger partial charge in [-0.1, -0.05) is 52.0 Å². The lowest BCUT2D eigenvalue weighted by Gasteiger charge is -2.15. The molecule has 2 aromatic carbocycles. The summed E-state index contributed by atoms with van der Waals surface area (Å²) in [5.41, 5.74) is 1.22. The fraction of sp³-hybridized carbons (Fsp3) is 0.350. The summed E-state index contributed by atoms with van der Waals surface area (Å²) in [4.78, 5) is 0. The first-order valence-electron chi connectivity index (χ1n) is 9.45. The van der Waals surface area contributed by atoms with Gasteiger partial charge in [-0.25, -0.2) is 9.07 Å². The first kappa shape index (κ1) is 22.3. The van der Waals surface area contributed by atoms with E-state index in [0.717, 1.165) is 29.4 Å². The summed E-state index contributed by atoms with van der Waals surface area (Å²) in [5.74, 6) is 1.18. The zero-order valence-electron chi connectivity index (χ0n) is 16.7. The number of unbranched alkanes of at least 4 members (excludes halogenated alkanes) is 1. The van der Waals surface area contributed by atoms with Gasteiger partial charge in [-0.15, -0.1) is 0 Å². The molecule has 0 unspecified atom stereocenters. The van der Waals surface area contributed by atoms with Crippen molar-refractivity contribution in [3.05, 3.63) is 56.8 Å². The number of aryl methyl sites for hydroxylation is 1. The van der Waals surface area contributed by atoms with E-state index >= 15 is 0 Å². The predicted molar refractivity (Wildman–Crippen MR) is 116 cm³/mol. The monoisotopic (exact) mass is 497 g/mol. The molecule has 0 aliphatic heterocycles. The Bertz CT molecular complexity index is 981. The highest BCUT2D eigenvalue weighted by Crippen LogP contribution is 2.35. The number of rotatable bonds is 10. The summed E-state index contributed by atoms with van der Waals surface area (Å²) in [6.45, 7) is 3.33. The van der Waals surface area contributed by atoms with Gasteiger partial charge in [0.05, 0.1) is 12.1 Å². The normalized spacial score (nSPS) is 10.8. The average molecular weight is 499 g/mol. The van der Waals surface area contributed by atoms with Gasteiger partial charge in [0.1, 0.15) is 12.4 Å². The fourth-order valence-electron chi connectivity index (χ4n) is 2.77. The number of nitrogens with zero attached hydrogens (tertiary/aromatic N) is 4. The molecule has 0 amide bonds. The quantitative estimate of drug-likeness (QED) is 0.413. The smallest absolute Gasteiger partial charge is 0.243 e. The molecule has 0 spiro atoms. The minimum absolute atomic E-state index is 0.0158. The largest absolute Gasteiger partial charge is 0.493 e. The van der Waals surface area contributed by atoms with E-state index in [2.05, 4.69) is 43.7 Å². The Balaban J connectivity index is 1.72. The standard InChI is InChI=1S/C20H22BrClFN5O2/c1-3-4-8-28-20(25-26-27-28)24-11-13-9-18(29-2)19(10-15(13)21)30-12-14-16(22)6-5-7-17(14)23/h5-7,9-10H,3-4,8,11-12H2,1-2H3,(H,24,25,27). The number of ether oxygens (including phenoxy) is 2. The average Bonchev–Trinajstić information content (AvgIpc) is 3.18. The molecule has 7 nitrogen and oxygen atoms in total. The number of hydrogen-bond donors (Lipinski definition) is 1. The van der Waals surface area contributed by atoms with Crippen molar-refractivity contribution in [3.63, 3.8) is 0 Å². The number of anilines is 1. The highest BCUT2D eigenvalue weighted by Gasteiger charge is 2.14. The second kappa shape index (κ2) is 10.6. The van der Waals surface area contributed by atoms with Gasteiger partial charge in [0.25, 0.3) is 0 Å². The van der Waals surface area contributed by atoms with Crippen molar-refractivity contribution in [2.75, 3.05) is 12.4 Å². The summed E-state index contributed by atoms with van der Waals surface area (Å²) in [6, 6.07) is 8.15. The Morgan fingerprint density at radius 1 is 1.27 bits per heavy atom. The molecule has 1 N–H and O–H groups in total. The summed E-state index contributed by atoms with van der Waals surface area (Å²) in [7, 11) is 1.55. The van der Waals surface area contributed by atoms with Gasteiger partial charge < -0.3 is 14.8 Å². The summed E-state index contributed by atoms with van der Waals surface area (Å²) in [5, 5.41) is 15.3. The van der Waals surface area contributed by atoms with Crippen LogP contribution in [0.25, 0.3) is 0 Å². The van der Waals surface area contributed by atoms with E-state index in [1.165, 1.54) is 6.07 Å². The Morgan fingerprint density at radius 2 is 2.10 bits per heavy atom. The number of methoxy groups -OCH3 is 1. The van der Waals surface area contributed by atoms with Gasteiger partial charge in [-0.05, 0) is 46.7 Å². The molecule has 1 aromatic heterocycles. The van der Waals surface area contributed by atoms with Crippen LogP contribution in [0.3, 0.4) is 0 Å². The molecule has 3 rings (SSSR count). The lowest BCUT2D eigenvalue weighted by atomic mass is 10.2. The molecular formula is C20H22BrClFN5O2. The zero-order valence-corrected chi connectivity index (χ0v) is 19.0. The van der Waals surface area contributed by atoms with Crippen LogP contribution in [0, 0.1) is 5.82 Å². The Labute approximate surface area is 187 Å². The van der Waals surface area contributed by atoms with Crippen molar-refractivity contribution in [1.82, 2.24) is 20.2 Å². The minimum Gasteiger partial charge on any atom is -0.493 e. The van der Waals surface area contributed by atoms with Gasteiger partial charge in [0.2, 0.25) is 5.95 Å². The number of hydrogen-bond acceptors (Lipinski definition) is 6. The van der Waals surface area contributed by atoms with Gasteiger partial charge in [-0.2, -0.15) is 0 Å². The molecule has 30 heavy (non-hydrogen) atoms. The van der Waals surface area contributed by atoms with E-state index in [9.17, 15) is 4.39 Å². The fourth-order valence-corrected chi connectivity index (χ4v) is 3.45. The van der Waals surface area contributed by atoms with Crippen molar-refractivity contribution >= 4 is 33.5 Å². The molecule has 0 fully saturated rings. The topological polar surface area (TPSA) is 74.1 Å². The van der Waals surface area contributed by atoms with Crippen LogP contribution in [0.4, 0.5) is 10.3 Å². The number of aromatic nitrogens is 4. The third-order valence-corrected chi connectivity index (χ3v) is 5.55. The highest BCUT2D eigenvalue weighted by molar-refractivity contribution is 9.10. The summed E-state index contributed by atoms with van der Waals surface area (Å²) in [6.07, 6.45) is 2.05. The highest BCUT2D eigenvalue weighted by atomic mass is 79.9. The van der Waals surface area contributed by atoms with Crippen LogP contribution in [0.1, 0.15) is 30.9 Å². The van der Waals surface area contributed by atoms with E-state index in [-0.39, 0.29) is 6.61 Å². The number of tetrazole rings is 1. The second-order valence-corrected chi connectivity index (χ2v) is 7.78. The zero-order chi connectivity index (χ0) is 21.5. The lowest BCUT2D eigenvalue weighted by Crippen LogP contribution is -2.10. The third-order valence-electron chi connectivity index (χ3n) is 4.46. The maximum atomic E-state index is 14.0. The van der Waals surface area contributed by atoms with Crippen LogP contribution in [0.2, 0.25) is 5.02 Å². The van der Waals surface area contributed by atoms with E-state index in [4.69, 9.17) is 21.1 Å². The molecule has 0 saturated carbocycles. The maximum absolute atomic E-state index is 14.0.